The fourth-order valence-electron chi connectivity index (χ4n) is 3.52. The maximum Gasteiger partial charge on any atom is 0.0940 e. The van der Waals surface area contributed by atoms with E-state index in [2.05, 4.69) is 6.92 Å². The van der Waals surface area contributed by atoms with Gasteiger partial charge >= 0.3 is 0 Å². The van der Waals surface area contributed by atoms with Gasteiger partial charge in [-0.15, -0.1) is 0 Å². The molecule has 3 nitrogen and oxygen atoms in total. The number of rotatable bonds is 2. The van der Waals surface area contributed by atoms with Crippen molar-refractivity contribution >= 4 is 11.6 Å². The minimum Gasteiger partial charge on any atom is -0.378 e. The van der Waals surface area contributed by atoms with Crippen LogP contribution in [0.3, 0.4) is 0 Å². The van der Waals surface area contributed by atoms with Crippen molar-refractivity contribution in [2.24, 2.45) is 11.7 Å². The van der Waals surface area contributed by atoms with Crippen molar-refractivity contribution in [2.45, 2.75) is 37.3 Å². The molecule has 2 fully saturated rings. The van der Waals surface area contributed by atoms with Crippen molar-refractivity contribution < 1.29 is 9.47 Å². The maximum absolute atomic E-state index is 6.68. The molecule has 3 unspecified atom stereocenters. The van der Waals surface area contributed by atoms with E-state index in [1.54, 1.807) is 0 Å². The van der Waals surface area contributed by atoms with Crippen LogP contribution in [-0.2, 0) is 15.0 Å². The molecule has 2 saturated heterocycles. The van der Waals surface area contributed by atoms with Gasteiger partial charge in [0.1, 0.15) is 0 Å². The minimum absolute atomic E-state index is 0.120. The zero-order valence-electron chi connectivity index (χ0n) is 11.9. The minimum atomic E-state index is -0.433. The molecule has 0 saturated carbocycles. The zero-order valence-corrected chi connectivity index (χ0v) is 12.7. The Bertz CT molecular complexity index is 483. The third-order valence-electron chi connectivity index (χ3n) is 4.86. The van der Waals surface area contributed by atoms with Gasteiger partial charge in [-0.1, -0.05) is 29.8 Å². The molecule has 4 heteroatoms. The normalized spacial score (nSPS) is 33.2. The molecular formula is C16H22ClNO2. The molecule has 2 N–H and O–H groups in total. The van der Waals surface area contributed by atoms with Gasteiger partial charge in [-0.25, -0.2) is 0 Å². The highest BCUT2D eigenvalue weighted by Gasteiger charge is 2.46. The molecule has 3 atom stereocenters. The van der Waals surface area contributed by atoms with E-state index in [1.165, 1.54) is 0 Å². The summed E-state index contributed by atoms with van der Waals surface area (Å²) in [5.74, 6) is 0.359. The molecule has 0 aromatic heterocycles. The van der Waals surface area contributed by atoms with Gasteiger partial charge < -0.3 is 15.2 Å². The summed E-state index contributed by atoms with van der Waals surface area (Å²) in [4.78, 5) is 0. The Morgan fingerprint density at radius 2 is 2.15 bits per heavy atom. The first-order valence-electron chi connectivity index (χ1n) is 7.29. The summed E-state index contributed by atoms with van der Waals surface area (Å²) >= 11 is 6.34. The summed E-state index contributed by atoms with van der Waals surface area (Å²) in [7, 11) is 0. The van der Waals surface area contributed by atoms with Crippen molar-refractivity contribution in [3.63, 3.8) is 0 Å². The summed E-state index contributed by atoms with van der Waals surface area (Å²) in [6, 6.07) is 7.89. The standard InChI is InChI=1S/C16H22ClNO2/c1-15(18,13-4-2-3-5-14(13)17)12-6-8-20-16(10-12)7-9-19-11-16/h2-5,12H,6-11,18H2,1H3. The molecule has 110 valence electrons. The monoisotopic (exact) mass is 295 g/mol. The topological polar surface area (TPSA) is 44.5 Å². The van der Waals surface area contributed by atoms with Gasteiger partial charge in [-0.3, -0.25) is 0 Å². The summed E-state index contributed by atoms with van der Waals surface area (Å²) < 4.78 is 11.5. The second kappa shape index (κ2) is 5.30. The summed E-state index contributed by atoms with van der Waals surface area (Å²) in [6.45, 7) is 4.33. The quantitative estimate of drug-likeness (QED) is 0.912. The fraction of sp³-hybridized carbons (Fsp3) is 0.625. The summed E-state index contributed by atoms with van der Waals surface area (Å²) in [6.07, 6.45) is 2.90. The molecule has 0 amide bonds. The van der Waals surface area contributed by atoms with E-state index in [-0.39, 0.29) is 5.60 Å². The predicted octanol–water partition coefficient (Wildman–Crippen LogP) is 3.10. The average molecular weight is 296 g/mol. The van der Waals surface area contributed by atoms with E-state index in [0.29, 0.717) is 12.5 Å². The van der Waals surface area contributed by atoms with Crippen molar-refractivity contribution in [3.8, 4) is 0 Å². The third-order valence-corrected chi connectivity index (χ3v) is 5.19. The van der Waals surface area contributed by atoms with E-state index in [1.807, 2.05) is 24.3 Å². The van der Waals surface area contributed by atoms with Crippen LogP contribution in [0.5, 0.6) is 0 Å². The van der Waals surface area contributed by atoms with Crippen molar-refractivity contribution in [2.75, 3.05) is 19.8 Å². The van der Waals surface area contributed by atoms with Gasteiger partial charge in [0, 0.05) is 30.2 Å². The van der Waals surface area contributed by atoms with Crippen LogP contribution >= 0.6 is 11.6 Å². The lowest BCUT2D eigenvalue weighted by molar-refractivity contribution is -0.109. The Morgan fingerprint density at radius 3 is 2.85 bits per heavy atom. The van der Waals surface area contributed by atoms with E-state index in [4.69, 9.17) is 26.8 Å². The van der Waals surface area contributed by atoms with Crippen LogP contribution < -0.4 is 5.73 Å². The lowest BCUT2D eigenvalue weighted by Gasteiger charge is -2.44. The lowest BCUT2D eigenvalue weighted by Crippen LogP contribution is -2.50. The van der Waals surface area contributed by atoms with Crippen LogP contribution in [0.2, 0.25) is 5.02 Å². The Labute approximate surface area is 125 Å². The van der Waals surface area contributed by atoms with Crippen molar-refractivity contribution in [1.82, 2.24) is 0 Å². The van der Waals surface area contributed by atoms with Gasteiger partial charge in [0.05, 0.1) is 12.2 Å². The Balaban J connectivity index is 1.85. The van der Waals surface area contributed by atoms with Crippen LogP contribution in [-0.4, -0.2) is 25.4 Å². The number of halogens is 1. The smallest absolute Gasteiger partial charge is 0.0940 e. The number of hydrogen-bond acceptors (Lipinski definition) is 3. The molecule has 0 aliphatic carbocycles. The van der Waals surface area contributed by atoms with E-state index >= 15 is 0 Å². The van der Waals surface area contributed by atoms with E-state index < -0.39 is 5.54 Å². The lowest BCUT2D eigenvalue weighted by atomic mass is 9.71. The number of ether oxygens (including phenoxy) is 2. The highest BCUT2D eigenvalue weighted by atomic mass is 35.5. The second-order valence-electron chi connectivity index (χ2n) is 6.29. The Morgan fingerprint density at radius 1 is 1.35 bits per heavy atom. The second-order valence-corrected chi connectivity index (χ2v) is 6.69. The van der Waals surface area contributed by atoms with Crippen LogP contribution in [0.25, 0.3) is 0 Å². The van der Waals surface area contributed by atoms with Crippen LogP contribution in [0, 0.1) is 5.92 Å². The third kappa shape index (κ3) is 2.48. The van der Waals surface area contributed by atoms with Crippen LogP contribution in [0.15, 0.2) is 24.3 Å². The SMILES string of the molecule is CC(N)(c1ccccc1Cl)C1CCOC2(CCOC2)C1. The molecular weight excluding hydrogens is 274 g/mol. The highest BCUT2D eigenvalue weighted by molar-refractivity contribution is 6.31. The fourth-order valence-corrected chi connectivity index (χ4v) is 3.86. The zero-order chi connectivity index (χ0) is 14.2. The molecule has 20 heavy (non-hydrogen) atoms. The van der Waals surface area contributed by atoms with Gasteiger partial charge in [0.15, 0.2) is 0 Å². The molecule has 2 aliphatic heterocycles. The molecule has 3 rings (SSSR count). The number of hydrogen-bond donors (Lipinski definition) is 1. The average Bonchev–Trinajstić information content (AvgIpc) is 2.87. The summed E-state index contributed by atoms with van der Waals surface area (Å²) in [5, 5.41) is 0.751. The first kappa shape index (κ1) is 14.3. The molecule has 1 spiro atoms. The largest absolute Gasteiger partial charge is 0.378 e. The molecule has 0 radical (unpaired) electrons. The van der Waals surface area contributed by atoms with E-state index in [9.17, 15) is 0 Å². The van der Waals surface area contributed by atoms with Gasteiger partial charge in [-0.2, -0.15) is 0 Å². The van der Waals surface area contributed by atoms with Crippen LogP contribution in [0.1, 0.15) is 31.7 Å². The Hall–Kier alpha value is -0.610. The molecule has 1 aromatic carbocycles. The highest BCUT2D eigenvalue weighted by Crippen LogP contribution is 2.43. The number of nitrogens with two attached hydrogens (primary N) is 1. The first-order valence-corrected chi connectivity index (χ1v) is 7.67. The predicted molar refractivity (Wildman–Crippen MR) is 79.8 cm³/mol. The van der Waals surface area contributed by atoms with Gasteiger partial charge in [-0.05, 0) is 37.3 Å². The first-order chi connectivity index (χ1) is 9.54. The molecule has 2 heterocycles. The molecule has 2 aliphatic rings. The van der Waals surface area contributed by atoms with Gasteiger partial charge in [0.2, 0.25) is 0 Å². The maximum atomic E-state index is 6.68. The van der Waals surface area contributed by atoms with E-state index in [0.717, 1.165) is 43.1 Å². The summed E-state index contributed by atoms with van der Waals surface area (Å²) in [5.41, 5.74) is 7.16. The molecule has 0 bridgehead atoms. The molecule has 1 aromatic rings. The Kier molecular flexibility index (Phi) is 3.80. The van der Waals surface area contributed by atoms with Crippen molar-refractivity contribution in [3.05, 3.63) is 34.9 Å². The van der Waals surface area contributed by atoms with Crippen molar-refractivity contribution in [1.29, 1.82) is 0 Å². The van der Waals surface area contributed by atoms with Gasteiger partial charge in [0.25, 0.3) is 0 Å². The van der Waals surface area contributed by atoms with Crippen LogP contribution in [0.4, 0.5) is 0 Å². The number of benzene rings is 1.